The van der Waals surface area contributed by atoms with Gasteiger partial charge in [0, 0.05) is 18.7 Å². The van der Waals surface area contributed by atoms with Crippen LogP contribution in [0.25, 0.3) is 16.9 Å². The highest BCUT2D eigenvalue weighted by Gasteiger charge is 2.35. The maximum absolute atomic E-state index is 4.64. The predicted octanol–water partition coefficient (Wildman–Crippen LogP) is 5.10. The third-order valence-corrected chi connectivity index (χ3v) is 5.25. The Morgan fingerprint density at radius 2 is 1.67 bits per heavy atom. The number of hydrogen-bond acceptors (Lipinski definition) is 3. The monoisotopic (exact) mass is 360 g/mol. The number of para-hydroxylation sites is 1. The summed E-state index contributed by atoms with van der Waals surface area (Å²) in [4.78, 5) is 2.61. The van der Waals surface area contributed by atoms with E-state index in [-0.39, 0.29) is 6.04 Å². The van der Waals surface area contributed by atoms with Crippen molar-refractivity contribution in [3.63, 3.8) is 0 Å². The van der Waals surface area contributed by atoms with Gasteiger partial charge in [0.05, 0.1) is 17.4 Å². The Morgan fingerprint density at radius 1 is 0.963 bits per heavy atom. The lowest BCUT2D eigenvalue weighted by molar-refractivity contribution is 0.129. The maximum Gasteiger partial charge on any atom is 0.118 e. The number of benzene rings is 2. The van der Waals surface area contributed by atoms with Crippen LogP contribution in [0.2, 0.25) is 0 Å². The smallest absolute Gasteiger partial charge is 0.118 e. The van der Waals surface area contributed by atoms with Gasteiger partial charge in [-0.3, -0.25) is 4.90 Å². The Hall–Kier alpha value is -2.46. The van der Waals surface area contributed by atoms with Crippen molar-refractivity contribution in [3.05, 3.63) is 65.9 Å². The van der Waals surface area contributed by atoms with Crippen molar-refractivity contribution >= 4 is 0 Å². The second-order valence-corrected chi connectivity index (χ2v) is 8.24. The zero-order chi connectivity index (χ0) is 19.0. The third kappa shape index (κ3) is 3.30. The Labute approximate surface area is 161 Å². The van der Waals surface area contributed by atoms with Crippen LogP contribution in [0.3, 0.4) is 0 Å². The van der Waals surface area contributed by atoms with Gasteiger partial charge in [-0.05, 0) is 23.5 Å². The first-order valence-corrected chi connectivity index (χ1v) is 9.89. The van der Waals surface area contributed by atoms with Crippen molar-refractivity contribution in [2.45, 2.75) is 40.3 Å². The first-order chi connectivity index (χ1) is 13.1. The Kier molecular flexibility index (Phi) is 4.83. The highest BCUT2D eigenvalue weighted by Crippen LogP contribution is 2.40. The first kappa shape index (κ1) is 17.9. The van der Waals surface area contributed by atoms with Crippen molar-refractivity contribution < 1.29 is 0 Å². The summed E-state index contributed by atoms with van der Waals surface area (Å²) >= 11 is 0. The molecule has 0 saturated heterocycles. The summed E-state index contributed by atoms with van der Waals surface area (Å²) in [6, 6.07) is 19.3. The Balaban J connectivity index is 1.96. The molecule has 2 aromatic carbocycles. The van der Waals surface area contributed by atoms with Gasteiger partial charge < -0.3 is 0 Å². The number of rotatable bonds is 4. The molecule has 140 valence electrons. The molecule has 0 saturated carbocycles. The molecule has 2 heterocycles. The summed E-state index contributed by atoms with van der Waals surface area (Å²) in [5.74, 6) is 1.05. The van der Waals surface area contributed by atoms with Gasteiger partial charge in [-0.2, -0.15) is 0 Å². The highest BCUT2D eigenvalue weighted by molar-refractivity contribution is 5.63. The van der Waals surface area contributed by atoms with E-state index in [2.05, 4.69) is 96.1 Å². The normalized spacial score (nSPS) is 17.0. The minimum Gasteiger partial charge on any atom is -0.290 e. The lowest BCUT2D eigenvalue weighted by atomic mass is 9.94. The molecule has 0 spiro atoms. The largest absolute Gasteiger partial charge is 0.290 e. The van der Waals surface area contributed by atoms with E-state index < -0.39 is 0 Å². The fourth-order valence-corrected chi connectivity index (χ4v) is 4.26. The molecule has 1 unspecified atom stereocenters. The van der Waals surface area contributed by atoms with E-state index in [1.54, 1.807) is 0 Å². The molecule has 0 N–H and O–H groups in total. The van der Waals surface area contributed by atoms with E-state index in [9.17, 15) is 0 Å². The lowest BCUT2D eigenvalue weighted by Crippen LogP contribution is -2.34. The molecule has 4 nitrogen and oxygen atoms in total. The molecule has 0 radical (unpaired) electrons. The van der Waals surface area contributed by atoms with Crippen LogP contribution in [0.1, 0.15) is 45.0 Å². The molecule has 4 rings (SSSR count). The SMILES string of the molecule is CC(C)CN1Cc2ccccc2-n2nnc(-c3ccccc3)c2C1C(C)C. The molecule has 1 aromatic heterocycles. The van der Waals surface area contributed by atoms with Gasteiger partial charge in [0.2, 0.25) is 0 Å². The number of hydrogen-bond donors (Lipinski definition) is 0. The van der Waals surface area contributed by atoms with Gasteiger partial charge in [0.25, 0.3) is 0 Å². The van der Waals surface area contributed by atoms with Crippen LogP contribution in [-0.2, 0) is 6.54 Å². The zero-order valence-electron chi connectivity index (χ0n) is 16.6. The van der Waals surface area contributed by atoms with Gasteiger partial charge >= 0.3 is 0 Å². The Morgan fingerprint density at radius 3 is 2.37 bits per heavy atom. The van der Waals surface area contributed by atoms with E-state index in [1.165, 1.54) is 11.3 Å². The van der Waals surface area contributed by atoms with Gasteiger partial charge in [-0.1, -0.05) is 81.4 Å². The summed E-state index contributed by atoms with van der Waals surface area (Å²) in [6.07, 6.45) is 0. The molecular weight excluding hydrogens is 332 g/mol. The molecule has 27 heavy (non-hydrogen) atoms. The number of aromatic nitrogens is 3. The number of fused-ring (bicyclic) bond motifs is 3. The van der Waals surface area contributed by atoms with Crippen LogP contribution >= 0.6 is 0 Å². The number of nitrogens with zero attached hydrogens (tertiary/aromatic N) is 4. The van der Waals surface area contributed by atoms with Crippen LogP contribution in [0.15, 0.2) is 54.6 Å². The van der Waals surface area contributed by atoms with E-state index in [0.717, 1.165) is 30.0 Å². The minimum atomic E-state index is 0.269. The van der Waals surface area contributed by atoms with Crippen LogP contribution in [0.5, 0.6) is 0 Å². The quantitative estimate of drug-likeness (QED) is 0.649. The molecule has 1 aliphatic heterocycles. The van der Waals surface area contributed by atoms with Crippen LogP contribution in [0, 0.1) is 11.8 Å². The van der Waals surface area contributed by atoms with E-state index in [4.69, 9.17) is 0 Å². The Bertz CT molecular complexity index is 911. The topological polar surface area (TPSA) is 34.0 Å². The average molecular weight is 361 g/mol. The first-order valence-electron chi connectivity index (χ1n) is 9.89. The predicted molar refractivity (Wildman–Crippen MR) is 110 cm³/mol. The van der Waals surface area contributed by atoms with Crippen LogP contribution in [-0.4, -0.2) is 26.4 Å². The van der Waals surface area contributed by atoms with Crippen molar-refractivity contribution in [2.75, 3.05) is 6.54 Å². The van der Waals surface area contributed by atoms with Gasteiger partial charge in [0.1, 0.15) is 5.69 Å². The molecule has 3 aromatic rings. The fourth-order valence-electron chi connectivity index (χ4n) is 4.26. The third-order valence-electron chi connectivity index (χ3n) is 5.25. The van der Waals surface area contributed by atoms with Gasteiger partial charge in [0.15, 0.2) is 0 Å². The zero-order valence-corrected chi connectivity index (χ0v) is 16.6. The average Bonchev–Trinajstić information content (AvgIpc) is 3.01. The van der Waals surface area contributed by atoms with Crippen molar-refractivity contribution in [3.8, 4) is 16.9 Å². The minimum absolute atomic E-state index is 0.269. The second kappa shape index (κ2) is 7.28. The van der Waals surface area contributed by atoms with Crippen molar-refractivity contribution in [2.24, 2.45) is 11.8 Å². The summed E-state index contributed by atoms with van der Waals surface area (Å²) in [6.45, 7) is 11.2. The highest BCUT2D eigenvalue weighted by atomic mass is 15.5. The molecule has 1 atom stereocenters. The fraction of sp³-hybridized carbons (Fsp3) is 0.391. The molecular formula is C23H28N4. The second-order valence-electron chi connectivity index (χ2n) is 8.24. The standard InChI is InChI=1S/C23H28N4/c1-16(2)14-26-15-19-12-8-9-13-20(19)27-23(22(26)17(3)4)21(24-25-27)18-10-6-5-7-11-18/h5-13,16-17,22H,14-15H2,1-4H3. The summed E-state index contributed by atoms with van der Waals surface area (Å²) < 4.78 is 2.09. The lowest BCUT2D eigenvalue weighted by Gasteiger charge is -2.34. The molecule has 1 aliphatic rings. The van der Waals surface area contributed by atoms with Gasteiger partial charge in [-0.15, -0.1) is 5.10 Å². The van der Waals surface area contributed by atoms with Crippen molar-refractivity contribution in [1.82, 2.24) is 19.9 Å². The molecule has 0 aliphatic carbocycles. The summed E-state index contributed by atoms with van der Waals surface area (Å²) in [7, 11) is 0. The summed E-state index contributed by atoms with van der Waals surface area (Å²) in [5.41, 5.74) is 5.81. The molecule has 0 fully saturated rings. The maximum atomic E-state index is 4.64. The van der Waals surface area contributed by atoms with Crippen molar-refractivity contribution in [1.29, 1.82) is 0 Å². The molecule has 0 bridgehead atoms. The van der Waals surface area contributed by atoms with E-state index in [0.29, 0.717) is 11.8 Å². The molecule has 0 amide bonds. The van der Waals surface area contributed by atoms with Gasteiger partial charge in [-0.25, -0.2) is 4.68 Å². The van der Waals surface area contributed by atoms with Crippen LogP contribution in [0.4, 0.5) is 0 Å². The summed E-state index contributed by atoms with van der Waals surface area (Å²) in [5, 5.41) is 9.26. The van der Waals surface area contributed by atoms with E-state index in [1.807, 2.05) is 6.07 Å². The van der Waals surface area contributed by atoms with E-state index >= 15 is 0 Å². The molecule has 4 heteroatoms. The van der Waals surface area contributed by atoms with Crippen LogP contribution < -0.4 is 0 Å².